The zero-order valence-electron chi connectivity index (χ0n) is 13.7. The van der Waals surface area contributed by atoms with Gasteiger partial charge in [0.25, 0.3) is 5.91 Å². The van der Waals surface area contributed by atoms with Crippen LogP contribution in [0.2, 0.25) is 0 Å². The molecule has 25 heavy (non-hydrogen) atoms. The van der Waals surface area contributed by atoms with E-state index in [-0.39, 0.29) is 21.9 Å². The molecule has 0 unspecified atom stereocenters. The summed E-state index contributed by atoms with van der Waals surface area (Å²) >= 11 is 3.09. The summed E-state index contributed by atoms with van der Waals surface area (Å²) in [6, 6.07) is 8.27. The van der Waals surface area contributed by atoms with E-state index in [1.165, 1.54) is 11.1 Å². The maximum absolute atomic E-state index is 12.5. The second-order valence-corrected chi connectivity index (χ2v) is 6.78. The van der Waals surface area contributed by atoms with Crippen molar-refractivity contribution in [2.75, 3.05) is 26.2 Å². The molecule has 0 radical (unpaired) electrons. The van der Waals surface area contributed by atoms with Crippen LogP contribution < -0.4 is 0 Å². The fourth-order valence-electron chi connectivity index (χ4n) is 2.87. The van der Waals surface area contributed by atoms with Gasteiger partial charge >= 0.3 is 5.82 Å². The van der Waals surface area contributed by atoms with Crippen molar-refractivity contribution in [3.05, 3.63) is 55.7 Å². The minimum absolute atomic E-state index is 0.0547. The molecule has 1 aromatic heterocycles. The number of carbonyl (C=O) groups excluding carboxylic acids is 1. The molecule has 1 aliphatic heterocycles. The quantitative estimate of drug-likeness (QED) is 0.619. The molecule has 1 aliphatic rings. The highest BCUT2D eigenvalue weighted by molar-refractivity contribution is 9.10. The number of nitro groups is 1. The first-order chi connectivity index (χ1) is 12.0. The van der Waals surface area contributed by atoms with Gasteiger partial charge in [-0.15, -0.1) is 5.10 Å². The van der Waals surface area contributed by atoms with Gasteiger partial charge in [0.05, 0.1) is 0 Å². The van der Waals surface area contributed by atoms with Gasteiger partial charge in [-0.25, -0.2) is 0 Å². The van der Waals surface area contributed by atoms with Gasteiger partial charge in [0, 0.05) is 32.7 Å². The van der Waals surface area contributed by atoms with E-state index in [9.17, 15) is 14.9 Å². The van der Waals surface area contributed by atoms with E-state index in [1.54, 1.807) is 4.90 Å². The van der Waals surface area contributed by atoms with Crippen molar-refractivity contribution in [2.24, 2.45) is 0 Å². The Bertz CT molecular complexity index is 799. The number of halogens is 1. The van der Waals surface area contributed by atoms with E-state index < -0.39 is 4.92 Å². The fourth-order valence-corrected chi connectivity index (χ4v) is 3.36. The number of aromatic nitrogens is 2. The smallest absolute Gasteiger partial charge is 0.357 e. The van der Waals surface area contributed by atoms with Crippen molar-refractivity contribution < 1.29 is 9.72 Å². The molecule has 2 aromatic rings. The van der Waals surface area contributed by atoms with Crippen LogP contribution in [-0.2, 0) is 6.54 Å². The third kappa shape index (κ3) is 3.72. The van der Waals surface area contributed by atoms with Crippen molar-refractivity contribution in [2.45, 2.75) is 13.5 Å². The fraction of sp³-hybridized carbons (Fsp3) is 0.375. The summed E-state index contributed by atoms with van der Waals surface area (Å²) in [5, 5.41) is 16.9. The minimum Gasteiger partial charge on any atom is -0.358 e. The van der Waals surface area contributed by atoms with Gasteiger partial charge in [0.1, 0.15) is 4.47 Å². The molecule has 132 valence electrons. The third-order valence-corrected chi connectivity index (χ3v) is 5.14. The normalized spacial score (nSPS) is 15.4. The number of hydrogen-bond donors (Lipinski definition) is 1. The molecule has 1 saturated heterocycles. The summed E-state index contributed by atoms with van der Waals surface area (Å²) in [5.41, 5.74) is 2.60. The third-order valence-electron chi connectivity index (χ3n) is 4.39. The second kappa shape index (κ2) is 7.32. The molecule has 1 aromatic carbocycles. The maximum Gasteiger partial charge on any atom is 0.357 e. The van der Waals surface area contributed by atoms with Gasteiger partial charge in [-0.05, 0) is 38.9 Å². The van der Waals surface area contributed by atoms with Crippen molar-refractivity contribution in [1.82, 2.24) is 20.0 Å². The maximum atomic E-state index is 12.5. The molecule has 9 heteroatoms. The Kier molecular flexibility index (Phi) is 5.14. The number of rotatable bonds is 4. The van der Waals surface area contributed by atoms with Crippen LogP contribution in [0.4, 0.5) is 5.82 Å². The van der Waals surface area contributed by atoms with Crippen molar-refractivity contribution >= 4 is 27.7 Å². The summed E-state index contributed by atoms with van der Waals surface area (Å²) < 4.78 is 0.102. The van der Waals surface area contributed by atoms with Crippen LogP contribution in [0.25, 0.3) is 0 Å². The van der Waals surface area contributed by atoms with E-state index >= 15 is 0 Å². The van der Waals surface area contributed by atoms with Gasteiger partial charge < -0.3 is 15.0 Å². The highest BCUT2D eigenvalue weighted by atomic mass is 79.9. The van der Waals surface area contributed by atoms with Crippen molar-refractivity contribution in [3.8, 4) is 0 Å². The summed E-state index contributed by atoms with van der Waals surface area (Å²) in [7, 11) is 0. The van der Waals surface area contributed by atoms with Crippen LogP contribution in [0.15, 0.2) is 28.7 Å². The predicted octanol–water partition coefficient (Wildman–Crippen LogP) is 2.35. The molecule has 0 atom stereocenters. The highest BCUT2D eigenvalue weighted by Gasteiger charge is 2.30. The summed E-state index contributed by atoms with van der Waals surface area (Å²) in [6.45, 7) is 5.59. The van der Waals surface area contributed by atoms with Crippen LogP contribution in [-0.4, -0.2) is 57.0 Å². The lowest BCUT2D eigenvalue weighted by molar-refractivity contribution is -0.390. The van der Waals surface area contributed by atoms with Crippen LogP contribution >= 0.6 is 15.9 Å². The molecule has 0 saturated carbocycles. The average Bonchev–Trinajstić information content (AvgIpc) is 2.99. The lowest BCUT2D eigenvalue weighted by atomic mass is 10.1. The number of aromatic amines is 1. The average molecular weight is 408 g/mol. The lowest BCUT2D eigenvalue weighted by Gasteiger charge is -2.34. The Balaban J connectivity index is 1.61. The molecule has 0 bridgehead atoms. The van der Waals surface area contributed by atoms with Gasteiger partial charge in [-0.3, -0.25) is 9.69 Å². The topological polar surface area (TPSA) is 95.4 Å². The number of nitrogens with zero attached hydrogens (tertiary/aromatic N) is 4. The van der Waals surface area contributed by atoms with Crippen molar-refractivity contribution in [1.29, 1.82) is 0 Å². The molecule has 1 N–H and O–H groups in total. The van der Waals surface area contributed by atoms with E-state index in [2.05, 4.69) is 50.1 Å². The summed E-state index contributed by atoms with van der Waals surface area (Å²) in [5.74, 6) is -0.603. The van der Waals surface area contributed by atoms with Gasteiger partial charge in [-0.1, -0.05) is 29.4 Å². The number of amides is 1. The van der Waals surface area contributed by atoms with E-state index in [0.29, 0.717) is 13.1 Å². The molecule has 1 amide bonds. The Morgan fingerprint density at radius 1 is 1.32 bits per heavy atom. The first-order valence-electron chi connectivity index (χ1n) is 7.91. The number of H-pyrrole nitrogens is 1. The number of aryl methyl sites for hydroxylation is 1. The monoisotopic (exact) mass is 407 g/mol. The minimum atomic E-state index is -0.603. The molecule has 1 fully saturated rings. The lowest BCUT2D eigenvalue weighted by Crippen LogP contribution is -2.48. The molecular formula is C16H18BrN5O3. The van der Waals surface area contributed by atoms with Crippen LogP contribution in [0, 0.1) is 17.0 Å². The Morgan fingerprint density at radius 3 is 2.60 bits per heavy atom. The molecule has 0 aliphatic carbocycles. The number of hydrogen-bond acceptors (Lipinski definition) is 5. The van der Waals surface area contributed by atoms with Crippen LogP contribution in [0.1, 0.15) is 21.6 Å². The first-order valence-corrected chi connectivity index (χ1v) is 8.71. The summed E-state index contributed by atoms with van der Waals surface area (Å²) in [6.07, 6.45) is 0. The van der Waals surface area contributed by atoms with E-state index in [0.717, 1.165) is 19.6 Å². The van der Waals surface area contributed by atoms with E-state index in [1.807, 2.05) is 12.1 Å². The number of piperazine rings is 1. The number of nitrogens with one attached hydrogen (secondary N) is 1. The molecular weight excluding hydrogens is 390 g/mol. The van der Waals surface area contributed by atoms with Crippen LogP contribution in [0.3, 0.4) is 0 Å². The first kappa shape index (κ1) is 17.6. The van der Waals surface area contributed by atoms with Crippen LogP contribution in [0.5, 0.6) is 0 Å². The van der Waals surface area contributed by atoms with Crippen molar-refractivity contribution in [3.63, 3.8) is 0 Å². The second-order valence-electron chi connectivity index (χ2n) is 5.99. The Morgan fingerprint density at radius 2 is 2.00 bits per heavy atom. The Labute approximate surface area is 153 Å². The predicted molar refractivity (Wildman–Crippen MR) is 95.3 cm³/mol. The number of carbonyl (C=O) groups is 1. The highest BCUT2D eigenvalue weighted by Crippen LogP contribution is 2.26. The summed E-state index contributed by atoms with van der Waals surface area (Å²) in [4.78, 5) is 26.8. The molecule has 2 heterocycles. The molecule has 3 rings (SSSR count). The van der Waals surface area contributed by atoms with E-state index in [4.69, 9.17) is 0 Å². The SMILES string of the molecule is Cc1ccccc1CN1CCN(C(=O)c2n[nH]c([N+](=O)[O-])c2Br)CC1. The standard InChI is InChI=1S/C16H18BrN5O3/c1-11-4-2-3-5-12(11)10-20-6-8-21(9-7-20)16(23)14-13(17)15(19-18-14)22(24)25/h2-5H,6-10H2,1H3,(H,18,19). The Hall–Kier alpha value is -2.26. The zero-order valence-corrected chi connectivity index (χ0v) is 15.3. The largest absolute Gasteiger partial charge is 0.358 e. The molecule has 8 nitrogen and oxygen atoms in total. The van der Waals surface area contributed by atoms with Gasteiger partial charge in [0.15, 0.2) is 5.69 Å². The zero-order chi connectivity index (χ0) is 18.0. The number of benzene rings is 1. The van der Waals surface area contributed by atoms with Gasteiger partial charge in [0.2, 0.25) is 0 Å². The molecule has 0 spiro atoms. The van der Waals surface area contributed by atoms with Gasteiger partial charge in [-0.2, -0.15) is 0 Å².